The van der Waals surface area contributed by atoms with E-state index in [9.17, 15) is 33.9 Å². The summed E-state index contributed by atoms with van der Waals surface area (Å²) in [5.41, 5.74) is 10.8. The molecule has 0 aliphatic heterocycles. The zero-order valence-electron chi connectivity index (χ0n) is 19.1. The van der Waals surface area contributed by atoms with E-state index in [4.69, 9.17) is 16.6 Å². The number of nitrogens with two attached hydrogens (primary N) is 2. The van der Waals surface area contributed by atoms with E-state index in [2.05, 4.69) is 16.0 Å². The van der Waals surface area contributed by atoms with E-state index < -0.39 is 66.2 Å². The number of amides is 4. The first kappa shape index (κ1) is 31.5. The standard InChI is InChI=1S/C19H33N5O8S2/c1-33-7-5-11(17(29)23-12(19(31)32)6-8-34-2)22-18(30)13(9-14(21)25)24-16(28)10(20)3-4-15(26)27/h10-13H,3-9,20H2,1-2H3,(H2,21,25)(H,22,30)(H,23,29)(H,24,28)(H,26,27)(H,31,32). The molecule has 0 bridgehead atoms. The molecule has 4 amide bonds. The lowest BCUT2D eigenvalue weighted by Crippen LogP contribution is -2.57. The number of hydrogen-bond acceptors (Lipinski definition) is 9. The Hall–Kier alpha value is -2.52. The van der Waals surface area contributed by atoms with Gasteiger partial charge >= 0.3 is 11.9 Å². The molecule has 194 valence electrons. The van der Waals surface area contributed by atoms with E-state index in [1.54, 1.807) is 12.5 Å². The molecule has 13 nitrogen and oxygen atoms in total. The van der Waals surface area contributed by atoms with Crippen molar-refractivity contribution in [2.45, 2.75) is 56.3 Å². The Morgan fingerprint density at radius 3 is 1.71 bits per heavy atom. The second-order valence-corrected chi connectivity index (χ2v) is 9.27. The third-order valence-electron chi connectivity index (χ3n) is 4.51. The van der Waals surface area contributed by atoms with Crippen LogP contribution in [0, 0.1) is 0 Å². The Bertz CT molecular complexity index is 739. The lowest BCUT2D eigenvalue weighted by Gasteiger charge is -2.24. The fourth-order valence-corrected chi connectivity index (χ4v) is 3.58. The second kappa shape index (κ2) is 17.0. The minimum absolute atomic E-state index is 0.156. The van der Waals surface area contributed by atoms with Gasteiger partial charge in [0.1, 0.15) is 18.1 Å². The highest BCUT2D eigenvalue weighted by atomic mass is 32.2. The van der Waals surface area contributed by atoms with Crippen LogP contribution in [0.4, 0.5) is 0 Å². The number of aliphatic carboxylic acids is 2. The maximum Gasteiger partial charge on any atom is 0.326 e. The molecule has 0 spiro atoms. The molecule has 0 heterocycles. The van der Waals surface area contributed by atoms with Gasteiger partial charge in [-0.1, -0.05) is 0 Å². The molecule has 0 fully saturated rings. The van der Waals surface area contributed by atoms with Gasteiger partial charge in [0.05, 0.1) is 12.5 Å². The van der Waals surface area contributed by atoms with Crippen molar-refractivity contribution < 1.29 is 39.0 Å². The minimum Gasteiger partial charge on any atom is -0.481 e. The smallest absolute Gasteiger partial charge is 0.326 e. The Morgan fingerprint density at radius 1 is 0.765 bits per heavy atom. The van der Waals surface area contributed by atoms with Crippen LogP contribution in [0.25, 0.3) is 0 Å². The first-order chi connectivity index (χ1) is 15.9. The molecule has 34 heavy (non-hydrogen) atoms. The average Bonchev–Trinajstić information content (AvgIpc) is 2.76. The molecule has 0 saturated heterocycles. The molecule has 0 aliphatic rings. The van der Waals surface area contributed by atoms with E-state index in [1.807, 2.05) is 0 Å². The van der Waals surface area contributed by atoms with Crippen LogP contribution < -0.4 is 27.4 Å². The largest absolute Gasteiger partial charge is 0.481 e. The summed E-state index contributed by atoms with van der Waals surface area (Å²) >= 11 is 2.81. The molecule has 4 unspecified atom stereocenters. The Balaban J connectivity index is 5.42. The molecular formula is C19H33N5O8S2. The minimum atomic E-state index is -1.46. The zero-order valence-corrected chi connectivity index (χ0v) is 20.7. The number of rotatable bonds is 18. The summed E-state index contributed by atoms with van der Waals surface area (Å²) in [5.74, 6) is -4.82. The first-order valence-electron chi connectivity index (χ1n) is 10.3. The number of hydrogen-bond donors (Lipinski definition) is 7. The molecule has 9 N–H and O–H groups in total. The molecule has 0 radical (unpaired) electrons. The summed E-state index contributed by atoms with van der Waals surface area (Å²) in [7, 11) is 0. The van der Waals surface area contributed by atoms with E-state index >= 15 is 0 Å². The van der Waals surface area contributed by atoms with Crippen LogP contribution in [0.5, 0.6) is 0 Å². The number of carboxylic acid groups (broad SMARTS) is 2. The fourth-order valence-electron chi connectivity index (χ4n) is 2.64. The molecular weight excluding hydrogens is 490 g/mol. The molecule has 0 saturated carbocycles. The summed E-state index contributed by atoms with van der Waals surface area (Å²) < 4.78 is 0. The molecule has 0 aliphatic carbocycles. The van der Waals surface area contributed by atoms with Gasteiger partial charge in [-0.3, -0.25) is 24.0 Å². The Kier molecular flexibility index (Phi) is 15.7. The summed E-state index contributed by atoms with van der Waals surface area (Å²) in [6.45, 7) is 0. The van der Waals surface area contributed by atoms with Crippen molar-refractivity contribution in [1.82, 2.24) is 16.0 Å². The van der Waals surface area contributed by atoms with E-state index in [0.29, 0.717) is 11.5 Å². The van der Waals surface area contributed by atoms with Gasteiger partial charge in [-0.2, -0.15) is 23.5 Å². The number of primary amides is 1. The van der Waals surface area contributed by atoms with Gasteiger partial charge in [0, 0.05) is 6.42 Å². The van der Waals surface area contributed by atoms with Crippen molar-refractivity contribution in [1.29, 1.82) is 0 Å². The van der Waals surface area contributed by atoms with Gasteiger partial charge in [0.15, 0.2) is 0 Å². The number of carboxylic acids is 2. The molecule has 0 aromatic carbocycles. The van der Waals surface area contributed by atoms with Crippen molar-refractivity contribution in [2.75, 3.05) is 24.0 Å². The van der Waals surface area contributed by atoms with Gasteiger partial charge in [-0.25, -0.2) is 4.79 Å². The highest BCUT2D eigenvalue weighted by Crippen LogP contribution is 2.06. The molecule has 0 rings (SSSR count). The zero-order chi connectivity index (χ0) is 26.3. The van der Waals surface area contributed by atoms with E-state index in [0.717, 1.165) is 0 Å². The highest BCUT2D eigenvalue weighted by Gasteiger charge is 2.31. The SMILES string of the molecule is CSCCC(NC(=O)C(CCSC)NC(=O)C(CC(N)=O)NC(=O)C(N)CCC(=O)O)C(=O)O. The van der Waals surface area contributed by atoms with Crippen molar-refractivity contribution in [3.8, 4) is 0 Å². The highest BCUT2D eigenvalue weighted by molar-refractivity contribution is 7.98. The maximum atomic E-state index is 12.8. The lowest BCUT2D eigenvalue weighted by atomic mass is 10.1. The summed E-state index contributed by atoms with van der Waals surface area (Å²) in [6, 6.07) is -4.99. The normalized spacial score (nSPS) is 14.2. The fraction of sp³-hybridized carbons (Fsp3) is 0.684. The van der Waals surface area contributed by atoms with Gasteiger partial charge in [-0.05, 0) is 43.3 Å². The van der Waals surface area contributed by atoms with E-state index in [1.165, 1.54) is 23.5 Å². The molecule has 0 aromatic heterocycles. The first-order valence-corrected chi connectivity index (χ1v) is 13.1. The number of nitrogens with one attached hydrogen (secondary N) is 3. The van der Waals surface area contributed by atoms with Crippen molar-refractivity contribution >= 4 is 59.1 Å². The van der Waals surface area contributed by atoms with Crippen molar-refractivity contribution in [2.24, 2.45) is 11.5 Å². The van der Waals surface area contributed by atoms with E-state index in [-0.39, 0.29) is 25.7 Å². The monoisotopic (exact) mass is 523 g/mol. The Morgan fingerprint density at radius 2 is 1.24 bits per heavy atom. The lowest BCUT2D eigenvalue weighted by molar-refractivity contribution is -0.142. The van der Waals surface area contributed by atoms with Crippen molar-refractivity contribution in [3.63, 3.8) is 0 Å². The predicted molar refractivity (Wildman–Crippen MR) is 128 cm³/mol. The van der Waals surface area contributed by atoms with Crippen LogP contribution in [-0.2, 0) is 28.8 Å². The maximum absolute atomic E-state index is 12.8. The topological polar surface area (TPSA) is 231 Å². The van der Waals surface area contributed by atoms with Crippen LogP contribution in [0.15, 0.2) is 0 Å². The third kappa shape index (κ3) is 13.3. The second-order valence-electron chi connectivity index (χ2n) is 7.29. The average molecular weight is 524 g/mol. The van der Waals surface area contributed by atoms with Crippen LogP contribution in [0.2, 0.25) is 0 Å². The van der Waals surface area contributed by atoms with Gasteiger partial charge in [-0.15, -0.1) is 0 Å². The van der Waals surface area contributed by atoms with Gasteiger partial charge < -0.3 is 37.6 Å². The van der Waals surface area contributed by atoms with Crippen LogP contribution in [-0.4, -0.2) is 94.0 Å². The molecule has 15 heteroatoms. The molecule has 0 aromatic rings. The summed E-state index contributed by atoms with van der Waals surface area (Å²) in [5, 5.41) is 25.1. The van der Waals surface area contributed by atoms with Crippen LogP contribution >= 0.6 is 23.5 Å². The number of thioether (sulfide) groups is 2. The quantitative estimate of drug-likeness (QED) is 0.105. The third-order valence-corrected chi connectivity index (χ3v) is 5.80. The van der Waals surface area contributed by atoms with Crippen molar-refractivity contribution in [3.05, 3.63) is 0 Å². The number of carbonyl (C=O) groups excluding carboxylic acids is 4. The summed E-state index contributed by atoms with van der Waals surface area (Å²) in [4.78, 5) is 71.3. The molecule has 4 atom stereocenters. The predicted octanol–water partition coefficient (Wildman–Crippen LogP) is -1.90. The Labute approximate surface area is 205 Å². The van der Waals surface area contributed by atoms with Crippen LogP contribution in [0.1, 0.15) is 32.1 Å². The van der Waals surface area contributed by atoms with Crippen LogP contribution in [0.3, 0.4) is 0 Å². The summed E-state index contributed by atoms with van der Waals surface area (Å²) in [6.07, 6.45) is 2.75. The van der Waals surface area contributed by atoms with Gasteiger partial charge in [0.25, 0.3) is 0 Å². The van der Waals surface area contributed by atoms with Gasteiger partial charge in [0.2, 0.25) is 23.6 Å². The number of carbonyl (C=O) groups is 6.